The minimum Gasteiger partial charge on any atom is -0.312 e. The monoisotopic (exact) mass is 330 g/mol. The third-order valence-corrected chi connectivity index (χ3v) is 7.63. The number of thiophene rings is 1. The minimum absolute atomic E-state index is 0.176. The molecule has 0 saturated carbocycles. The molecule has 1 aliphatic rings. The van der Waals surface area contributed by atoms with Crippen LogP contribution in [0.1, 0.15) is 44.9 Å². The predicted octanol–water partition coefficient (Wildman–Crippen LogP) is 3.06. The molecular weight excluding hydrogens is 304 g/mol. The van der Waals surface area contributed by atoms with Gasteiger partial charge in [0.25, 0.3) is 0 Å². The largest absolute Gasteiger partial charge is 0.312 e. The van der Waals surface area contributed by atoms with Crippen LogP contribution in [-0.2, 0) is 16.6 Å². The summed E-state index contributed by atoms with van der Waals surface area (Å²) in [6.07, 6.45) is 3.07. The van der Waals surface area contributed by atoms with E-state index in [1.807, 2.05) is 13.0 Å². The van der Waals surface area contributed by atoms with Crippen LogP contribution in [0.25, 0.3) is 0 Å². The van der Waals surface area contributed by atoms with E-state index in [4.69, 9.17) is 0 Å². The van der Waals surface area contributed by atoms with Gasteiger partial charge >= 0.3 is 0 Å². The second kappa shape index (κ2) is 6.77. The number of nitrogens with one attached hydrogen (secondary N) is 1. The average Bonchev–Trinajstić information content (AvgIpc) is 3.13. The van der Waals surface area contributed by atoms with Gasteiger partial charge in [0.05, 0.1) is 4.90 Å². The van der Waals surface area contributed by atoms with Gasteiger partial charge in [-0.3, -0.25) is 0 Å². The lowest BCUT2D eigenvalue weighted by molar-refractivity contribution is 0.279. The molecular formula is C15H26N2O2S2. The van der Waals surface area contributed by atoms with Crippen LogP contribution in [0.4, 0.5) is 0 Å². The van der Waals surface area contributed by atoms with Crippen LogP contribution in [-0.4, -0.2) is 32.4 Å². The van der Waals surface area contributed by atoms with E-state index in [-0.39, 0.29) is 5.41 Å². The Kier molecular flexibility index (Phi) is 5.46. The summed E-state index contributed by atoms with van der Waals surface area (Å²) in [4.78, 5) is 1.54. The Morgan fingerprint density at radius 2 is 2.05 bits per heavy atom. The van der Waals surface area contributed by atoms with Gasteiger partial charge in [0.1, 0.15) is 0 Å². The fourth-order valence-electron chi connectivity index (χ4n) is 2.91. The van der Waals surface area contributed by atoms with Crippen LogP contribution in [0.2, 0.25) is 0 Å². The Labute approximate surface area is 132 Å². The summed E-state index contributed by atoms with van der Waals surface area (Å²) >= 11 is 1.52. The smallest absolute Gasteiger partial charge is 0.243 e. The molecule has 0 aliphatic carbocycles. The van der Waals surface area contributed by atoms with Crippen molar-refractivity contribution in [1.29, 1.82) is 0 Å². The van der Waals surface area contributed by atoms with Crippen molar-refractivity contribution in [2.45, 2.75) is 51.5 Å². The lowest BCUT2D eigenvalue weighted by Crippen LogP contribution is -2.31. The Morgan fingerprint density at radius 1 is 1.33 bits per heavy atom. The Balaban J connectivity index is 2.14. The molecule has 1 aliphatic heterocycles. The second-order valence-corrected chi connectivity index (χ2v) is 8.76. The Hall–Kier alpha value is -0.430. The number of sulfonamides is 1. The summed E-state index contributed by atoms with van der Waals surface area (Å²) in [5.74, 6) is 0. The van der Waals surface area contributed by atoms with Gasteiger partial charge < -0.3 is 5.32 Å². The minimum atomic E-state index is -3.32. The molecule has 21 heavy (non-hydrogen) atoms. The van der Waals surface area contributed by atoms with Crippen molar-refractivity contribution in [2.75, 3.05) is 19.6 Å². The highest BCUT2D eigenvalue weighted by Crippen LogP contribution is 2.39. The number of hydrogen-bond acceptors (Lipinski definition) is 4. The molecule has 6 heteroatoms. The van der Waals surface area contributed by atoms with Crippen molar-refractivity contribution >= 4 is 21.4 Å². The van der Waals surface area contributed by atoms with Gasteiger partial charge in [-0.25, -0.2) is 8.42 Å². The summed E-state index contributed by atoms with van der Waals surface area (Å²) in [6.45, 7) is 9.33. The summed E-state index contributed by atoms with van der Waals surface area (Å²) in [5, 5.41) is 5.01. The van der Waals surface area contributed by atoms with E-state index in [9.17, 15) is 8.42 Å². The number of hydrogen-bond donors (Lipinski definition) is 1. The van der Waals surface area contributed by atoms with E-state index in [0.29, 0.717) is 18.0 Å². The molecule has 120 valence electrons. The van der Waals surface area contributed by atoms with E-state index < -0.39 is 10.0 Å². The zero-order valence-electron chi connectivity index (χ0n) is 13.2. The molecule has 1 aromatic rings. The van der Waals surface area contributed by atoms with Crippen molar-refractivity contribution < 1.29 is 8.42 Å². The van der Waals surface area contributed by atoms with Crippen LogP contribution in [0, 0.1) is 5.41 Å². The first-order chi connectivity index (χ1) is 9.97. The second-order valence-electron chi connectivity index (χ2n) is 5.82. The van der Waals surface area contributed by atoms with Crippen LogP contribution < -0.4 is 5.32 Å². The molecule has 4 nitrogen and oxygen atoms in total. The Morgan fingerprint density at radius 3 is 2.62 bits per heavy atom. The predicted molar refractivity (Wildman–Crippen MR) is 88.1 cm³/mol. The van der Waals surface area contributed by atoms with Crippen molar-refractivity contribution in [3.05, 3.63) is 16.3 Å². The van der Waals surface area contributed by atoms with Gasteiger partial charge in [-0.2, -0.15) is 4.31 Å². The van der Waals surface area contributed by atoms with E-state index in [1.165, 1.54) is 11.3 Å². The first kappa shape index (κ1) is 16.9. The topological polar surface area (TPSA) is 49.4 Å². The third kappa shape index (κ3) is 3.50. The molecule has 0 unspecified atom stereocenters. The van der Waals surface area contributed by atoms with Crippen LogP contribution >= 0.6 is 11.3 Å². The van der Waals surface area contributed by atoms with Crippen molar-refractivity contribution in [1.82, 2.24) is 9.62 Å². The summed E-state index contributed by atoms with van der Waals surface area (Å²) in [6, 6.07) is 1.82. The Bertz CT molecular complexity index is 562. The van der Waals surface area contributed by atoms with Crippen molar-refractivity contribution in [2.24, 2.45) is 5.41 Å². The van der Waals surface area contributed by atoms with Gasteiger partial charge in [0.2, 0.25) is 10.0 Å². The molecule has 1 N–H and O–H groups in total. The fourth-order valence-corrected chi connectivity index (χ4v) is 5.70. The number of nitrogens with zero attached hydrogens (tertiary/aromatic N) is 1. The maximum absolute atomic E-state index is 12.8. The normalized spacial score (nSPS) is 19.2. The quantitative estimate of drug-likeness (QED) is 0.836. The highest BCUT2D eigenvalue weighted by atomic mass is 32.2. The van der Waals surface area contributed by atoms with Crippen molar-refractivity contribution in [3.8, 4) is 0 Å². The van der Waals surface area contributed by atoms with E-state index in [2.05, 4.69) is 19.2 Å². The highest BCUT2D eigenvalue weighted by Gasteiger charge is 2.40. The molecule has 0 amide bonds. The molecule has 1 saturated heterocycles. The van der Waals surface area contributed by atoms with Gasteiger partial charge in [-0.1, -0.05) is 20.8 Å². The maximum atomic E-state index is 12.8. The lowest BCUT2D eigenvalue weighted by Gasteiger charge is -2.26. The van der Waals surface area contributed by atoms with Crippen molar-refractivity contribution in [3.63, 3.8) is 0 Å². The zero-order valence-corrected chi connectivity index (χ0v) is 14.8. The molecule has 0 aromatic carbocycles. The summed E-state index contributed by atoms with van der Waals surface area (Å²) < 4.78 is 27.2. The fraction of sp³-hybridized carbons (Fsp3) is 0.733. The molecule has 1 fully saturated rings. The van der Waals surface area contributed by atoms with Gasteiger partial charge in [-0.15, -0.1) is 11.3 Å². The average molecular weight is 331 g/mol. The molecule has 0 atom stereocenters. The first-order valence-corrected chi connectivity index (χ1v) is 10.1. The van der Waals surface area contributed by atoms with E-state index in [1.54, 1.807) is 9.69 Å². The van der Waals surface area contributed by atoms with Crippen LogP contribution in [0.15, 0.2) is 16.3 Å². The summed E-state index contributed by atoms with van der Waals surface area (Å²) in [5.41, 5.74) is 0.176. The number of rotatable bonds is 7. The van der Waals surface area contributed by atoms with Gasteiger partial charge in [-0.05, 0) is 37.3 Å². The molecule has 0 bridgehead atoms. The molecule has 0 spiro atoms. The van der Waals surface area contributed by atoms with E-state index >= 15 is 0 Å². The highest BCUT2D eigenvalue weighted by molar-refractivity contribution is 7.89. The van der Waals surface area contributed by atoms with Gasteiger partial charge in [0, 0.05) is 29.9 Å². The summed E-state index contributed by atoms with van der Waals surface area (Å²) in [7, 11) is -3.32. The first-order valence-electron chi connectivity index (χ1n) is 7.75. The van der Waals surface area contributed by atoms with Gasteiger partial charge in [0.15, 0.2) is 0 Å². The van der Waals surface area contributed by atoms with E-state index in [0.717, 1.165) is 37.2 Å². The lowest BCUT2D eigenvalue weighted by atomic mass is 9.82. The SMILES string of the molecule is CCNCc1cc(S(=O)(=O)N2CCC(CC)(CC)C2)cs1. The molecule has 2 rings (SSSR count). The zero-order chi connectivity index (χ0) is 15.5. The van der Waals surface area contributed by atoms with Crippen LogP contribution in [0.5, 0.6) is 0 Å². The molecule has 0 radical (unpaired) electrons. The molecule has 2 heterocycles. The van der Waals surface area contributed by atoms with Crippen LogP contribution in [0.3, 0.4) is 0 Å². The third-order valence-electron chi connectivity index (χ3n) is 4.72. The molecule has 1 aromatic heterocycles. The standard InChI is InChI=1S/C15H26N2O2S2/c1-4-15(5-2)7-8-17(12-15)21(18,19)14-9-13(20-11-14)10-16-6-3/h9,11,16H,4-8,10,12H2,1-3H3. The maximum Gasteiger partial charge on any atom is 0.243 e.